The van der Waals surface area contributed by atoms with Crippen LogP contribution in [0, 0.1) is 0 Å². The fourth-order valence-electron chi connectivity index (χ4n) is 1.83. The van der Waals surface area contributed by atoms with Gasteiger partial charge in [-0.25, -0.2) is 0 Å². The Labute approximate surface area is 96.9 Å². The minimum atomic E-state index is 0.312. The van der Waals surface area contributed by atoms with Crippen molar-refractivity contribution in [3.05, 3.63) is 42.0 Å². The molecule has 0 N–H and O–H groups in total. The molecule has 1 aromatic carbocycles. The molecule has 2 rings (SSSR count). The van der Waals surface area contributed by atoms with Gasteiger partial charge in [0.2, 0.25) is 0 Å². The van der Waals surface area contributed by atoms with Crippen LogP contribution in [0.15, 0.2) is 30.8 Å². The topological polar surface area (TPSA) is 18.5 Å². The third-order valence-electron chi connectivity index (χ3n) is 2.81. The molecule has 86 valence electrons. The molecule has 1 unspecified atom stereocenters. The molecular formula is C14H18O2. The van der Waals surface area contributed by atoms with Gasteiger partial charge in [0.05, 0.1) is 19.3 Å². The summed E-state index contributed by atoms with van der Waals surface area (Å²) in [7, 11) is 0. The van der Waals surface area contributed by atoms with Crippen LogP contribution in [-0.2, 0) is 16.1 Å². The van der Waals surface area contributed by atoms with Crippen molar-refractivity contribution in [1.82, 2.24) is 0 Å². The van der Waals surface area contributed by atoms with Crippen molar-refractivity contribution in [1.29, 1.82) is 0 Å². The fraction of sp³-hybridized carbons (Fsp3) is 0.429. The maximum atomic E-state index is 5.63. The summed E-state index contributed by atoms with van der Waals surface area (Å²) in [6.45, 7) is 5.99. The Morgan fingerprint density at radius 1 is 1.38 bits per heavy atom. The summed E-state index contributed by atoms with van der Waals surface area (Å²) in [5.41, 5.74) is 2.34. The first-order chi connectivity index (χ1) is 7.88. The maximum Gasteiger partial charge on any atom is 0.0809 e. The van der Waals surface area contributed by atoms with Gasteiger partial charge < -0.3 is 9.47 Å². The fourth-order valence-corrected chi connectivity index (χ4v) is 1.83. The Kier molecular flexibility index (Phi) is 4.14. The lowest BCUT2D eigenvalue weighted by molar-refractivity contribution is 0.0106. The molecule has 0 saturated carbocycles. The largest absolute Gasteiger partial charge is 0.376 e. The normalized spacial score (nSPS) is 19.9. The molecule has 0 aromatic heterocycles. The van der Waals surface area contributed by atoms with Crippen molar-refractivity contribution in [2.45, 2.75) is 25.6 Å². The first-order valence-electron chi connectivity index (χ1n) is 5.79. The highest BCUT2D eigenvalue weighted by Gasteiger charge is 2.14. The highest BCUT2D eigenvalue weighted by Crippen LogP contribution is 2.13. The van der Waals surface area contributed by atoms with Gasteiger partial charge in [-0.15, -0.1) is 0 Å². The quantitative estimate of drug-likeness (QED) is 0.756. The molecule has 2 nitrogen and oxygen atoms in total. The van der Waals surface area contributed by atoms with Gasteiger partial charge in [0.25, 0.3) is 0 Å². The summed E-state index contributed by atoms with van der Waals surface area (Å²) in [5.74, 6) is 0. The molecule has 1 aliphatic rings. The third kappa shape index (κ3) is 3.19. The van der Waals surface area contributed by atoms with Crippen LogP contribution in [0.3, 0.4) is 0 Å². The van der Waals surface area contributed by atoms with Crippen LogP contribution in [0.4, 0.5) is 0 Å². The van der Waals surface area contributed by atoms with E-state index in [1.54, 1.807) is 0 Å². The van der Waals surface area contributed by atoms with E-state index in [4.69, 9.17) is 9.47 Å². The zero-order valence-corrected chi connectivity index (χ0v) is 9.52. The Hall–Kier alpha value is -1.12. The van der Waals surface area contributed by atoms with E-state index in [0.29, 0.717) is 19.3 Å². The van der Waals surface area contributed by atoms with E-state index in [9.17, 15) is 0 Å². The molecule has 1 fully saturated rings. The van der Waals surface area contributed by atoms with Gasteiger partial charge in [0.1, 0.15) is 0 Å². The summed E-state index contributed by atoms with van der Waals surface area (Å²) < 4.78 is 11.1. The van der Waals surface area contributed by atoms with Gasteiger partial charge in [-0.1, -0.05) is 36.9 Å². The number of benzene rings is 1. The standard InChI is InChI=1S/C14H18O2/c1-2-12-5-7-13(8-6-12)10-15-11-14-4-3-9-16-14/h2,5-8,14H,1,3-4,9-11H2. The van der Waals surface area contributed by atoms with Gasteiger partial charge in [-0.2, -0.15) is 0 Å². The average molecular weight is 218 g/mol. The van der Waals surface area contributed by atoms with Crippen LogP contribution >= 0.6 is 0 Å². The molecule has 1 aromatic rings. The average Bonchev–Trinajstić information content (AvgIpc) is 2.83. The van der Waals surface area contributed by atoms with Gasteiger partial charge in [-0.05, 0) is 24.0 Å². The van der Waals surface area contributed by atoms with E-state index < -0.39 is 0 Å². The van der Waals surface area contributed by atoms with Gasteiger partial charge in [-0.3, -0.25) is 0 Å². The van der Waals surface area contributed by atoms with Crippen molar-refractivity contribution in [2.75, 3.05) is 13.2 Å². The van der Waals surface area contributed by atoms with Crippen LogP contribution in [-0.4, -0.2) is 19.3 Å². The first kappa shape index (κ1) is 11.4. The van der Waals surface area contributed by atoms with Crippen molar-refractivity contribution < 1.29 is 9.47 Å². The molecule has 0 radical (unpaired) electrons. The molecule has 16 heavy (non-hydrogen) atoms. The van der Waals surface area contributed by atoms with Crippen LogP contribution in [0.5, 0.6) is 0 Å². The summed E-state index contributed by atoms with van der Waals surface area (Å²) >= 11 is 0. The lowest BCUT2D eigenvalue weighted by Gasteiger charge is -2.10. The zero-order valence-electron chi connectivity index (χ0n) is 9.52. The van der Waals surface area contributed by atoms with E-state index in [0.717, 1.165) is 18.6 Å². The van der Waals surface area contributed by atoms with E-state index in [-0.39, 0.29) is 0 Å². The molecule has 1 heterocycles. The van der Waals surface area contributed by atoms with Crippen molar-refractivity contribution in [3.63, 3.8) is 0 Å². The van der Waals surface area contributed by atoms with Crippen molar-refractivity contribution in [2.24, 2.45) is 0 Å². The zero-order chi connectivity index (χ0) is 11.2. The van der Waals surface area contributed by atoms with Gasteiger partial charge in [0.15, 0.2) is 0 Å². The first-order valence-corrected chi connectivity index (χ1v) is 5.79. The van der Waals surface area contributed by atoms with E-state index in [1.807, 2.05) is 6.08 Å². The second-order valence-corrected chi connectivity index (χ2v) is 4.10. The minimum Gasteiger partial charge on any atom is -0.376 e. The molecular weight excluding hydrogens is 200 g/mol. The minimum absolute atomic E-state index is 0.312. The molecule has 0 bridgehead atoms. The van der Waals surface area contributed by atoms with Crippen LogP contribution in [0.1, 0.15) is 24.0 Å². The Morgan fingerprint density at radius 2 is 2.19 bits per heavy atom. The Balaban J connectivity index is 1.73. The van der Waals surface area contributed by atoms with Crippen LogP contribution < -0.4 is 0 Å². The Bertz CT molecular complexity index is 323. The second kappa shape index (κ2) is 5.83. The molecule has 1 aliphatic heterocycles. The SMILES string of the molecule is C=Cc1ccc(COCC2CCCO2)cc1. The lowest BCUT2D eigenvalue weighted by atomic mass is 10.1. The third-order valence-corrected chi connectivity index (χ3v) is 2.81. The van der Waals surface area contributed by atoms with Gasteiger partial charge in [0, 0.05) is 6.61 Å². The maximum absolute atomic E-state index is 5.63. The van der Waals surface area contributed by atoms with Crippen molar-refractivity contribution >= 4 is 6.08 Å². The second-order valence-electron chi connectivity index (χ2n) is 4.10. The van der Waals surface area contributed by atoms with Crippen LogP contribution in [0.25, 0.3) is 6.08 Å². The molecule has 0 spiro atoms. The molecule has 1 saturated heterocycles. The number of rotatable bonds is 5. The predicted molar refractivity (Wildman–Crippen MR) is 65.2 cm³/mol. The lowest BCUT2D eigenvalue weighted by Crippen LogP contribution is -2.13. The van der Waals surface area contributed by atoms with E-state index in [2.05, 4.69) is 30.8 Å². The molecule has 1 atom stereocenters. The smallest absolute Gasteiger partial charge is 0.0809 e. The molecule has 0 aliphatic carbocycles. The highest BCUT2D eigenvalue weighted by molar-refractivity contribution is 5.47. The van der Waals surface area contributed by atoms with E-state index in [1.165, 1.54) is 12.0 Å². The highest BCUT2D eigenvalue weighted by atomic mass is 16.5. The van der Waals surface area contributed by atoms with Gasteiger partial charge >= 0.3 is 0 Å². The predicted octanol–water partition coefficient (Wildman–Crippen LogP) is 3.03. The summed E-state index contributed by atoms with van der Waals surface area (Å²) in [4.78, 5) is 0. The summed E-state index contributed by atoms with van der Waals surface area (Å²) in [6, 6.07) is 8.26. The Morgan fingerprint density at radius 3 is 2.81 bits per heavy atom. The number of ether oxygens (including phenoxy) is 2. The van der Waals surface area contributed by atoms with E-state index >= 15 is 0 Å². The van der Waals surface area contributed by atoms with Crippen LogP contribution in [0.2, 0.25) is 0 Å². The number of hydrogen-bond acceptors (Lipinski definition) is 2. The summed E-state index contributed by atoms with van der Waals surface area (Å²) in [6.07, 6.45) is 4.46. The number of hydrogen-bond donors (Lipinski definition) is 0. The summed E-state index contributed by atoms with van der Waals surface area (Å²) in [5, 5.41) is 0. The molecule has 2 heteroatoms. The monoisotopic (exact) mass is 218 g/mol. The van der Waals surface area contributed by atoms with Crippen molar-refractivity contribution in [3.8, 4) is 0 Å². The molecule has 0 amide bonds.